The number of imidazole rings is 1. The van der Waals surface area contributed by atoms with Gasteiger partial charge >= 0.3 is 0 Å². The molecule has 0 bridgehead atoms. The SMILES string of the molecule is Nc1nc(Cc2ccc(O)cc2)cn1Cc1ccccc1. The summed E-state index contributed by atoms with van der Waals surface area (Å²) < 4.78 is 1.95. The van der Waals surface area contributed by atoms with Gasteiger partial charge in [0.15, 0.2) is 0 Å². The van der Waals surface area contributed by atoms with Gasteiger partial charge in [-0.15, -0.1) is 0 Å². The second-order valence-electron chi connectivity index (χ2n) is 5.05. The van der Waals surface area contributed by atoms with Crippen molar-refractivity contribution in [2.24, 2.45) is 0 Å². The molecule has 1 aromatic heterocycles. The molecule has 0 atom stereocenters. The number of hydrogen-bond acceptors (Lipinski definition) is 3. The van der Waals surface area contributed by atoms with Crippen LogP contribution in [0.2, 0.25) is 0 Å². The minimum Gasteiger partial charge on any atom is -0.508 e. The quantitative estimate of drug-likeness (QED) is 0.772. The van der Waals surface area contributed by atoms with Gasteiger partial charge in [0.05, 0.1) is 12.2 Å². The van der Waals surface area contributed by atoms with Gasteiger partial charge in [-0.05, 0) is 23.3 Å². The fourth-order valence-electron chi connectivity index (χ4n) is 2.30. The largest absolute Gasteiger partial charge is 0.508 e. The Balaban J connectivity index is 1.76. The molecular formula is C17H17N3O. The fraction of sp³-hybridized carbons (Fsp3) is 0.118. The molecule has 106 valence electrons. The number of aromatic hydroxyl groups is 1. The summed E-state index contributed by atoms with van der Waals surface area (Å²) in [7, 11) is 0. The van der Waals surface area contributed by atoms with Crippen molar-refractivity contribution in [2.75, 3.05) is 5.73 Å². The van der Waals surface area contributed by atoms with E-state index in [1.807, 2.05) is 41.1 Å². The number of anilines is 1. The minimum absolute atomic E-state index is 0.271. The zero-order valence-electron chi connectivity index (χ0n) is 11.6. The van der Waals surface area contributed by atoms with Crippen LogP contribution in [0.15, 0.2) is 60.8 Å². The van der Waals surface area contributed by atoms with Crippen LogP contribution in [0.1, 0.15) is 16.8 Å². The summed E-state index contributed by atoms with van der Waals surface area (Å²) in [5.41, 5.74) is 9.19. The van der Waals surface area contributed by atoms with Crippen molar-refractivity contribution in [3.63, 3.8) is 0 Å². The van der Waals surface area contributed by atoms with Crippen molar-refractivity contribution < 1.29 is 5.11 Å². The number of nitrogen functional groups attached to an aromatic ring is 1. The van der Waals surface area contributed by atoms with E-state index in [9.17, 15) is 5.11 Å². The molecular weight excluding hydrogens is 262 g/mol. The maximum Gasteiger partial charge on any atom is 0.200 e. The lowest BCUT2D eigenvalue weighted by atomic mass is 10.1. The molecule has 0 unspecified atom stereocenters. The summed E-state index contributed by atoms with van der Waals surface area (Å²) in [5, 5.41) is 9.30. The standard InChI is InChI=1S/C17H17N3O/c18-17-19-15(10-13-6-8-16(21)9-7-13)12-20(17)11-14-4-2-1-3-5-14/h1-9,12,21H,10-11H2,(H2,18,19). The Kier molecular flexibility index (Phi) is 3.60. The van der Waals surface area contributed by atoms with Gasteiger partial charge in [-0.3, -0.25) is 0 Å². The summed E-state index contributed by atoms with van der Waals surface area (Å²) in [6.45, 7) is 0.718. The predicted octanol–water partition coefficient (Wildman–Crippen LogP) is 2.81. The molecule has 0 radical (unpaired) electrons. The van der Waals surface area contributed by atoms with Gasteiger partial charge in [-0.25, -0.2) is 4.98 Å². The molecule has 0 saturated heterocycles. The van der Waals surface area contributed by atoms with Crippen molar-refractivity contribution in [1.82, 2.24) is 9.55 Å². The van der Waals surface area contributed by atoms with E-state index in [1.54, 1.807) is 12.1 Å². The molecule has 21 heavy (non-hydrogen) atoms. The Morgan fingerprint density at radius 1 is 0.952 bits per heavy atom. The smallest absolute Gasteiger partial charge is 0.200 e. The number of rotatable bonds is 4. The van der Waals surface area contributed by atoms with E-state index in [0.717, 1.165) is 17.8 Å². The molecule has 0 aliphatic rings. The molecule has 4 nitrogen and oxygen atoms in total. The van der Waals surface area contributed by atoms with E-state index >= 15 is 0 Å². The number of phenolic OH excluding ortho intramolecular Hbond substituents is 1. The molecule has 0 amide bonds. The number of hydrogen-bond donors (Lipinski definition) is 2. The van der Waals surface area contributed by atoms with Crippen LogP contribution in [0.25, 0.3) is 0 Å². The maximum atomic E-state index is 9.30. The Bertz CT molecular complexity index is 718. The zero-order valence-corrected chi connectivity index (χ0v) is 11.6. The molecule has 3 aromatic rings. The van der Waals surface area contributed by atoms with E-state index in [-0.39, 0.29) is 5.75 Å². The highest BCUT2D eigenvalue weighted by Gasteiger charge is 2.06. The molecule has 3 rings (SSSR count). The summed E-state index contributed by atoms with van der Waals surface area (Å²) in [4.78, 5) is 4.40. The summed E-state index contributed by atoms with van der Waals surface area (Å²) in [6.07, 6.45) is 2.68. The fourth-order valence-corrected chi connectivity index (χ4v) is 2.30. The van der Waals surface area contributed by atoms with Crippen molar-refractivity contribution >= 4 is 5.95 Å². The molecule has 1 heterocycles. The third kappa shape index (κ3) is 3.23. The monoisotopic (exact) mass is 279 g/mol. The lowest BCUT2D eigenvalue weighted by molar-refractivity contribution is 0.475. The first kappa shape index (κ1) is 13.2. The molecule has 2 aromatic carbocycles. The van der Waals surface area contributed by atoms with Crippen LogP contribution >= 0.6 is 0 Å². The number of phenols is 1. The molecule has 3 N–H and O–H groups in total. The number of benzene rings is 2. The average molecular weight is 279 g/mol. The van der Waals surface area contributed by atoms with E-state index in [2.05, 4.69) is 17.1 Å². The molecule has 0 aliphatic heterocycles. The number of nitrogens with zero attached hydrogens (tertiary/aromatic N) is 2. The van der Waals surface area contributed by atoms with Crippen LogP contribution in [0.3, 0.4) is 0 Å². The van der Waals surface area contributed by atoms with E-state index in [4.69, 9.17) is 5.73 Å². The summed E-state index contributed by atoms with van der Waals surface area (Å²) >= 11 is 0. The molecule has 0 aliphatic carbocycles. The van der Waals surface area contributed by atoms with Gasteiger partial charge in [0, 0.05) is 12.6 Å². The van der Waals surface area contributed by atoms with E-state index in [1.165, 1.54) is 5.56 Å². The van der Waals surface area contributed by atoms with Gasteiger partial charge in [0.2, 0.25) is 5.95 Å². The van der Waals surface area contributed by atoms with Gasteiger partial charge in [0.25, 0.3) is 0 Å². The highest BCUT2D eigenvalue weighted by atomic mass is 16.3. The first-order valence-corrected chi connectivity index (χ1v) is 6.84. The van der Waals surface area contributed by atoms with Crippen LogP contribution in [-0.2, 0) is 13.0 Å². The lowest BCUT2D eigenvalue weighted by Crippen LogP contribution is -2.03. The van der Waals surface area contributed by atoms with Gasteiger partial charge < -0.3 is 15.4 Å². The Morgan fingerprint density at radius 2 is 1.67 bits per heavy atom. The lowest BCUT2D eigenvalue weighted by Gasteiger charge is -2.03. The molecule has 0 spiro atoms. The minimum atomic E-state index is 0.271. The summed E-state index contributed by atoms with van der Waals surface area (Å²) in [6, 6.07) is 17.3. The van der Waals surface area contributed by atoms with Crippen LogP contribution in [0.4, 0.5) is 5.95 Å². The average Bonchev–Trinajstić information content (AvgIpc) is 2.82. The van der Waals surface area contributed by atoms with Crippen LogP contribution in [0.5, 0.6) is 5.75 Å². The van der Waals surface area contributed by atoms with Crippen molar-refractivity contribution in [3.8, 4) is 5.75 Å². The van der Waals surface area contributed by atoms with Gasteiger partial charge in [-0.2, -0.15) is 0 Å². The second-order valence-corrected chi connectivity index (χ2v) is 5.05. The second kappa shape index (κ2) is 5.71. The van der Waals surface area contributed by atoms with Crippen LogP contribution in [-0.4, -0.2) is 14.7 Å². The van der Waals surface area contributed by atoms with Gasteiger partial charge in [-0.1, -0.05) is 42.5 Å². The van der Waals surface area contributed by atoms with Crippen molar-refractivity contribution in [2.45, 2.75) is 13.0 Å². The van der Waals surface area contributed by atoms with Crippen LogP contribution in [0, 0.1) is 0 Å². The first-order chi connectivity index (χ1) is 10.2. The van der Waals surface area contributed by atoms with Crippen molar-refractivity contribution in [3.05, 3.63) is 77.6 Å². The van der Waals surface area contributed by atoms with E-state index < -0.39 is 0 Å². The highest BCUT2D eigenvalue weighted by molar-refractivity contribution is 5.31. The molecule has 4 heteroatoms. The zero-order chi connectivity index (χ0) is 14.7. The van der Waals surface area contributed by atoms with Gasteiger partial charge in [0.1, 0.15) is 5.75 Å². The van der Waals surface area contributed by atoms with E-state index in [0.29, 0.717) is 12.4 Å². The van der Waals surface area contributed by atoms with Crippen molar-refractivity contribution in [1.29, 1.82) is 0 Å². The molecule has 0 fully saturated rings. The summed E-state index contributed by atoms with van der Waals surface area (Å²) in [5.74, 6) is 0.792. The topological polar surface area (TPSA) is 64.1 Å². The molecule has 0 saturated carbocycles. The Hall–Kier alpha value is -2.75. The third-order valence-corrected chi connectivity index (χ3v) is 3.37. The third-order valence-electron chi connectivity index (χ3n) is 3.37. The highest BCUT2D eigenvalue weighted by Crippen LogP contribution is 2.15. The number of aromatic nitrogens is 2. The Morgan fingerprint density at radius 3 is 2.38 bits per heavy atom. The predicted molar refractivity (Wildman–Crippen MR) is 83.1 cm³/mol. The maximum absolute atomic E-state index is 9.30. The van der Waals surface area contributed by atoms with Crippen LogP contribution < -0.4 is 5.73 Å². The number of nitrogens with two attached hydrogens (primary N) is 1. The Labute approximate surface area is 123 Å². The normalized spacial score (nSPS) is 10.7. The first-order valence-electron chi connectivity index (χ1n) is 6.84.